The minimum absolute atomic E-state index is 0.145. The summed E-state index contributed by atoms with van der Waals surface area (Å²) in [5.74, 6) is 1.02. The van der Waals surface area contributed by atoms with Crippen molar-refractivity contribution in [2.45, 2.75) is 24.3 Å². The summed E-state index contributed by atoms with van der Waals surface area (Å²) in [6.07, 6.45) is 0.145. The van der Waals surface area contributed by atoms with Gasteiger partial charge in [0.15, 0.2) is 0 Å². The fraction of sp³-hybridized carbons (Fsp3) is 0.462. The van der Waals surface area contributed by atoms with Gasteiger partial charge in [-0.15, -0.1) is 11.8 Å². The molecule has 18 heavy (non-hydrogen) atoms. The lowest BCUT2D eigenvalue weighted by Crippen LogP contribution is -2.39. The van der Waals surface area contributed by atoms with Gasteiger partial charge in [-0.05, 0) is 19.1 Å². The van der Waals surface area contributed by atoms with E-state index in [1.165, 1.54) is 0 Å². The Labute approximate surface area is 111 Å². The van der Waals surface area contributed by atoms with Crippen molar-refractivity contribution < 1.29 is 14.6 Å². The molecule has 0 amide bonds. The van der Waals surface area contributed by atoms with E-state index in [0.29, 0.717) is 12.6 Å². The van der Waals surface area contributed by atoms with Crippen molar-refractivity contribution in [2.75, 3.05) is 24.3 Å². The molecule has 1 aromatic carbocycles. The Bertz CT molecular complexity index is 436. The number of anilines is 1. The van der Waals surface area contributed by atoms with Gasteiger partial charge in [-0.2, -0.15) is 0 Å². The van der Waals surface area contributed by atoms with Crippen LogP contribution in [0.4, 0.5) is 5.69 Å². The number of nitrogens with zero attached hydrogens (tertiary/aromatic N) is 1. The highest BCUT2D eigenvalue weighted by Crippen LogP contribution is 2.43. The summed E-state index contributed by atoms with van der Waals surface area (Å²) in [6.45, 7) is 2.63. The van der Waals surface area contributed by atoms with E-state index in [9.17, 15) is 4.79 Å². The van der Waals surface area contributed by atoms with Crippen LogP contribution in [-0.2, 0) is 4.79 Å². The summed E-state index contributed by atoms with van der Waals surface area (Å²) in [5, 5.41) is 8.84. The van der Waals surface area contributed by atoms with Gasteiger partial charge in [0.2, 0.25) is 0 Å². The summed E-state index contributed by atoms with van der Waals surface area (Å²) >= 11 is 1.80. The van der Waals surface area contributed by atoms with Gasteiger partial charge in [0.05, 0.1) is 19.2 Å². The third kappa shape index (κ3) is 2.56. The van der Waals surface area contributed by atoms with Crippen LogP contribution >= 0.6 is 11.8 Å². The Morgan fingerprint density at radius 1 is 1.61 bits per heavy atom. The highest BCUT2D eigenvalue weighted by atomic mass is 32.2. The lowest BCUT2D eigenvalue weighted by molar-refractivity contribution is -0.136. The fourth-order valence-corrected chi connectivity index (χ4v) is 3.27. The predicted molar refractivity (Wildman–Crippen MR) is 72.8 cm³/mol. The number of fused-ring (bicyclic) bond motifs is 1. The van der Waals surface area contributed by atoms with Crippen LogP contribution < -0.4 is 9.64 Å². The van der Waals surface area contributed by atoms with E-state index in [4.69, 9.17) is 9.84 Å². The number of aliphatic carboxylic acids is 1. The van der Waals surface area contributed by atoms with Gasteiger partial charge >= 0.3 is 5.97 Å². The summed E-state index contributed by atoms with van der Waals surface area (Å²) in [6, 6.07) is 6.27. The maximum Gasteiger partial charge on any atom is 0.305 e. The molecule has 1 atom stereocenters. The van der Waals surface area contributed by atoms with E-state index in [2.05, 4.69) is 17.9 Å². The number of thioether (sulfide) groups is 1. The van der Waals surface area contributed by atoms with Crippen molar-refractivity contribution in [1.82, 2.24) is 0 Å². The van der Waals surface area contributed by atoms with Gasteiger partial charge in [0.25, 0.3) is 0 Å². The number of carboxylic acids is 1. The van der Waals surface area contributed by atoms with Crippen LogP contribution in [0.1, 0.15) is 13.3 Å². The quantitative estimate of drug-likeness (QED) is 0.908. The van der Waals surface area contributed by atoms with Crippen molar-refractivity contribution in [3.8, 4) is 5.75 Å². The minimum Gasteiger partial charge on any atom is -0.495 e. The van der Waals surface area contributed by atoms with Crippen molar-refractivity contribution >= 4 is 23.4 Å². The average Bonchev–Trinajstić information content (AvgIpc) is 2.36. The van der Waals surface area contributed by atoms with Gasteiger partial charge in [-0.1, -0.05) is 6.07 Å². The Morgan fingerprint density at radius 3 is 3.06 bits per heavy atom. The predicted octanol–water partition coefficient (Wildman–Crippen LogP) is 2.47. The summed E-state index contributed by atoms with van der Waals surface area (Å²) in [4.78, 5) is 14.1. The molecule has 0 saturated carbocycles. The Kier molecular flexibility index (Phi) is 4.01. The molecule has 98 valence electrons. The fourth-order valence-electron chi connectivity index (χ4n) is 2.14. The smallest absolute Gasteiger partial charge is 0.305 e. The number of methoxy groups -OCH3 is 1. The van der Waals surface area contributed by atoms with E-state index >= 15 is 0 Å². The summed E-state index contributed by atoms with van der Waals surface area (Å²) in [5.41, 5.74) is 1.03. The Balaban J connectivity index is 2.33. The van der Waals surface area contributed by atoms with Gasteiger partial charge < -0.3 is 14.7 Å². The zero-order chi connectivity index (χ0) is 13.1. The SMILES string of the molecule is COc1cccc2c1N(CCC(=O)O)C(C)CS2. The second-order valence-corrected chi connectivity index (χ2v) is 5.37. The normalized spacial score (nSPS) is 18.3. The van der Waals surface area contributed by atoms with Crippen molar-refractivity contribution in [1.29, 1.82) is 0 Å². The largest absolute Gasteiger partial charge is 0.495 e. The third-order valence-electron chi connectivity index (χ3n) is 3.05. The first-order valence-corrected chi connectivity index (χ1v) is 6.90. The number of ether oxygens (including phenoxy) is 1. The standard InChI is InChI=1S/C13H17NO3S/c1-9-8-18-11-5-3-4-10(17-2)13(11)14(9)7-6-12(15)16/h3-5,9H,6-8H2,1-2H3,(H,15,16). The van der Waals surface area contributed by atoms with Crippen LogP contribution in [0.2, 0.25) is 0 Å². The third-order valence-corrected chi connectivity index (χ3v) is 4.34. The molecule has 1 aromatic rings. The lowest BCUT2D eigenvalue weighted by Gasteiger charge is -2.37. The van der Waals surface area contributed by atoms with E-state index in [-0.39, 0.29) is 6.42 Å². The molecule has 0 aromatic heterocycles. The molecule has 5 heteroatoms. The topological polar surface area (TPSA) is 49.8 Å². The number of hydrogen-bond acceptors (Lipinski definition) is 4. The number of benzene rings is 1. The number of rotatable bonds is 4. The van der Waals surface area contributed by atoms with Crippen LogP contribution in [0.15, 0.2) is 23.1 Å². The molecule has 1 heterocycles. The average molecular weight is 267 g/mol. The molecule has 0 radical (unpaired) electrons. The lowest BCUT2D eigenvalue weighted by atomic mass is 10.2. The van der Waals surface area contributed by atoms with Gasteiger partial charge in [0, 0.05) is 23.2 Å². The first-order chi connectivity index (χ1) is 8.63. The van der Waals surface area contributed by atoms with Crippen molar-refractivity contribution in [2.24, 2.45) is 0 Å². The molecule has 0 fully saturated rings. The Morgan fingerprint density at radius 2 is 2.39 bits per heavy atom. The van der Waals surface area contributed by atoms with E-state index in [0.717, 1.165) is 22.1 Å². The maximum atomic E-state index is 10.8. The van der Waals surface area contributed by atoms with Crippen LogP contribution in [0.25, 0.3) is 0 Å². The highest BCUT2D eigenvalue weighted by molar-refractivity contribution is 7.99. The molecule has 4 nitrogen and oxygen atoms in total. The number of carboxylic acid groups (broad SMARTS) is 1. The molecular formula is C13H17NO3S. The minimum atomic E-state index is -0.767. The van der Waals surface area contributed by atoms with Crippen LogP contribution in [0, 0.1) is 0 Å². The maximum absolute atomic E-state index is 10.8. The molecule has 0 bridgehead atoms. The number of carbonyl (C=O) groups is 1. The zero-order valence-corrected chi connectivity index (χ0v) is 11.4. The van der Waals surface area contributed by atoms with Crippen LogP contribution in [-0.4, -0.2) is 36.5 Å². The van der Waals surface area contributed by atoms with E-state index in [1.807, 2.05) is 12.1 Å². The first kappa shape index (κ1) is 13.1. The molecule has 1 aliphatic rings. The van der Waals surface area contributed by atoms with E-state index in [1.54, 1.807) is 18.9 Å². The molecule has 1 unspecified atom stereocenters. The molecule has 2 rings (SSSR count). The van der Waals surface area contributed by atoms with E-state index < -0.39 is 5.97 Å². The first-order valence-electron chi connectivity index (χ1n) is 5.91. The second-order valence-electron chi connectivity index (χ2n) is 4.30. The van der Waals surface area contributed by atoms with Crippen molar-refractivity contribution in [3.05, 3.63) is 18.2 Å². The van der Waals surface area contributed by atoms with Crippen molar-refractivity contribution in [3.63, 3.8) is 0 Å². The van der Waals surface area contributed by atoms with Crippen LogP contribution in [0.5, 0.6) is 5.75 Å². The molecule has 0 saturated heterocycles. The Hall–Kier alpha value is -1.36. The highest BCUT2D eigenvalue weighted by Gasteiger charge is 2.26. The van der Waals surface area contributed by atoms with Crippen LogP contribution in [0.3, 0.4) is 0 Å². The zero-order valence-electron chi connectivity index (χ0n) is 10.5. The van der Waals surface area contributed by atoms with Gasteiger partial charge in [-0.3, -0.25) is 4.79 Å². The van der Waals surface area contributed by atoms with Gasteiger partial charge in [-0.25, -0.2) is 0 Å². The monoisotopic (exact) mass is 267 g/mol. The number of hydrogen-bond donors (Lipinski definition) is 1. The second kappa shape index (κ2) is 5.52. The molecule has 1 aliphatic heterocycles. The molecule has 0 spiro atoms. The molecule has 1 N–H and O–H groups in total. The summed E-state index contributed by atoms with van der Waals surface area (Å²) in [7, 11) is 1.65. The number of para-hydroxylation sites is 1. The molecule has 0 aliphatic carbocycles. The summed E-state index contributed by atoms with van der Waals surface area (Å²) < 4.78 is 5.40. The molecular weight excluding hydrogens is 250 g/mol. The van der Waals surface area contributed by atoms with Gasteiger partial charge in [0.1, 0.15) is 5.75 Å².